The average molecular weight is 324 g/mol. The number of rotatable bonds is 11. The number of nitrogens with two attached hydrogens (primary N) is 1. The van der Waals surface area contributed by atoms with E-state index < -0.39 is 15.5 Å². The van der Waals surface area contributed by atoms with Crippen molar-refractivity contribution in [2.75, 3.05) is 28.2 Å². The molecule has 0 heterocycles. The second-order valence-corrected chi connectivity index (χ2v) is 3.85. The highest BCUT2D eigenvalue weighted by molar-refractivity contribution is 5.24. The van der Waals surface area contributed by atoms with Gasteiger partial charge in [0.25, 0.3) is 0 Å². The highest BCUT2D eigenvalue weighted by Crippen LogP contribution is 2.01. The van der Waals surface area contributed by atoms with Gasteiger partial charge in [0.2, 0.25) is 0 Å². The van der Waals surface area contributed by atoms with Crippen molar-refractivity contribution in [2.24, 2.45) is 10.9 Å². The second kappa shape index (κ2) is 8.60. The van der Waals surface area contributed by atoms with Gasteiger partial charge >= 0.3 is 0 Å². The molecule has 128 valence electrons. The maximum Gasteiger partial charge on any atom is 0.187 e. The lowest BCUT2D eigenvalue weighted by Gasteiger charge is -2.37. The maximum atomic E-state index is 11.6. The number of hydroxylamine groups is 2. The van der Waals surface area contributed by atoms with Gasteiger partial charge in [0.15, 0.2) is 6.72 Å². The zero-order valence-electron chi connectivity index (χ0n) is 12.9. The molecule has 22 heavy (non-hydrogen) atoms. The van der Waals surface area contributed by atoms with Crippen LogP contribution < -0.4 is 16.5 Å². The Morgan fingerprint density at radius 1 is 1.18 bits per heavy atom. The smallest absolute Gasteiger partial charge is 0.187 e. The average Bonchev–Trinajstić information content (AvgIpc) is 2.45. The lowest BCUT2D eigenvalue weighted by Crippen LogP contribution is -3.13. The molecule has 3 unspecified atom stereocenters. The van der Waals surface area contributed by atoms with Crippen molar-refractivity contribution in [3.63, 3.8) is 0 Å². The van der Waals surface area contributed by atoms with Crippen LogP contribution in [0.4, 0.5) is 0 Å². The Balaban J connectivity index is 4.72. The topological polar surface area (TPSA) is 153 Å². The minimum atomic E-state index is -0.994. The molecule has 0 aromatic carbocycles. The first-order valence-corrected chi connectivity index (χ1v) is 5.62. The van der Waals surface area contributed by atoms with Crippen LogP contribution in [0.15, 0.2) is 5.10 Å². The molecule has 0 bridgehead atoms. The van der Waals surface area contributed by atoms with Crippen molar-refractivity contribution < 1.29 is 34.9 Å². The molecule has 0 aliphatic carbocycles. The minimum absolute atomic E-state index is 0.545. The molecule has 0 aromatic heterocycles. The third-order valence-electron chi connectivity index (χ3n) is 2.39. The number of hydrogen-bond donors (Lipinski definition) is 3. The molecule has 0 amide bonds. The van der Waals surface area contributed by atoms with Crippen LogP contribution in [0.1, 0.15) is 0 Å². The van der Waals surface area contributed by atoms with Crippen molar-refractivity contribution in [3.8, 4) is 0 Å². The molecule has 0 spiro atoms. The third kappa shape index (κ3) is 5.54. The van der Waals surface area contributed by atoms with E-state index in [4.69, 9.17) is 15.7 Å². The van der Waals surface area contributed by atoms with Gasteiger partial charge in [0.05, 0.1) is 37.9 Å². The summed E-state index contributed by atoms with van der Waals surface area (Å²) in [4.78, 5) is 10.2. The normalized spacial score (nSPS) is 16.8. The highest BCUT2D eigenvalue weighted by atomic mass is 17.1. The summed E-state index contributed by atoms with van der Waals surface area (Å²) in [5, 5.41) is 26.1. The molecule has 0 radical (unpaired) electrons. The summed E-state index contributed by atoms with van der Waals surface area (Å²) in [5.74, 6) is 5.88. The van der Waals surface area contributed by atoms with Crippen LogP contribution in [0.5, 0.6) is 0 Å². The summed E-state index contributed by atoms with van der Waals surface area (Å²) in [5.41, 5.74) is 6.74. The molecule has 0 fully saturated rings. The zero-order valence-corrected chi connectivity index (χ0v) is 12.9. The fourth-order valence-electron chi connectivity index (χ4n) is 0.857. The van der Waals surface area contributed by atoms with Gasteiger partial charge in [-0.3, -0.25) is 0 Å². The van der Waals surface area contributed by atoms with Crippen LogP contribution in [0.2, 0.25) is 0 Å². The number of quaternary nitrogens is 3. The molecular formula is C7H22N11O4+. The van der Waals surface area contributed by atoms with Gasteiger partial charge in [-0.2, -0.15) is 5.10 Å². The third-order valence-corrected chi connectivity index (χ3v) is 2.39. The Morgan fingerprint density at radius 2 is 1.59 bits per heavy atom. The molecular weight excluding hydrogens is 302 g/mol. The van der Waals surface area contributed by atoms with Gasteiger partial charge in [-0.1, -0.05) is 11.8 Å². The Morgan fingerprint density at radius 3 is 1.95 bits per heavy atom. The second-order valence-electron chi connectivity index (χ2n) is 3.85. The van der Waals surface area contributed by atoms with Crippen LogP contribution in [0.3, 0.4) is 0 Å². The van der Waals surface area contributed by atoms with E-state index in [1.807, 2.05) is 0 Å². The van der Waals surface area contributed by atoms with Crippen LogP contribution in [-0.2, 0) is 9.88 Å². The van der Waals surface area contributed by atoms with Crippen LogP contribution in [0, 0.1) is 10.4 Å². The molecule has 15 heteroatoms. The van der Waals surface area contributed by atoms with Gasteiger partial charge in [0.1, 0.15) is 7.05 Å². The first-order chi connectivity index (χ1) is 10.1. The molecule has 0 saturated carbocycles. The van der Waals surface area contributed by atoms with E-state index in [2.05, 4.69) is 36.2 Å². The first kappa shape index (κ1) is 20.2. The Kier molecular flexibility index (Phi) is 7.90. The van der Waals surface area contributed by atoms with E-state index in [0.29, 0.717) is 9.59 Å². The largest absolute Gasteiger partial charge is 0.557 e. The number of hydrogen-bond acceptors (Lipinski definition) is 8. The molecule has 4 N–H and O–H groups in total. The molecule has 0 aromatic rings. The fourth-order valence-corrected chi connectivity index (χ4v) is 0.857. The molecule has 3 atom stereocenters. The number of nitrogens with one attached hydrogen (secondary N) is 2. The highest BCUT2D eigenvalue weighted by Gasteiger charge is 2.38. The summed E-state index contributed by atoms with van der Waals surface area (Å²) in [6, 6.07) is 0. The lowest BCUT2D eigenvalue weighted by atomic mass is 11.1. The zero-order chi connectivity index (χ0) is 17.5. The van der Waals surface area contributed by atoms with Gasteiger partial charge in [0, 0.05) is 10.3 Å². The van der Waals surface area contributed by atoms with E-state index in [-0.39, 0.29) is 0 Å². The van der Waals surface area contributed by atoms with Crippen molar-refractivity contribution in [2.45, 2.75) is 0 Å². The van der Waals surface area contributed by atoms with E-state index in [1.54, 1.807) is 0 Å². The predicted octanol–water partition coefficient (Wildman–Crippen LogP) is -4.46. The van der Waals surface area contributed by atoms with E-state index >= 15 is 0 Å². The standard InChI is InChI=1S/C7H22N11O4/c1-9-11-13(4)17(20)22-15(6)18(7,8)14(5)21-16(19)12(3)10-2/h16-17H,1,3-4,8H2,2,5-7H3/q+1. The molecule has 0 saturated heterocycles. The Bertz CT molecular complexity index is 404. The molecule has 0 rings (SSSR count). The maximum absolute atomic E-state index is 11.6. The monoisotopic (exact) mass is 324 g/mol. The molecule has 0 aliphatic rings. The summed E-state index contributed by atoms with van der Waals surface area (Å²) in [6.45, 7) is 9.61. The Hall–Kier alpha value is -1.79. The van der Waals surface area contributed by atoms with Gasteiger partial charge < -0.3 is 15.8 Å². The first-order valence-electron chi connectivity index (χ1n) is 5.62. The van der Waals surface area contributed by atoms with Crippen LogP contribution in [-0.4, -0.2) is 73.1 Å². The van der Waals surface area contributed by atoms with E-state index in [9.17, 15) is 10.4 Å². The fraction of sp³-hybridized carbons (Fsp3) is 0.571. The predicted molar refractivity (Wildman–Crippen MR) is 73.7 cm³/mol. The molecule has 15 nitrogen and oxygen atoms in total. The minimum Gasteiger partial charge on any atom is -0.557 e. The van der Waals surface area contributed by atoms with Crippen molar-refractivity contribution in [1.29, 1.82) is 0 Å². The van der Waals surface area contributed by atoms with E-state index in [0.717, 1.165) is 10.3 Å². The lowest BCUT2D eigenvalue weighted by molar-refractivity contribution is -1.46. The van der Waals surface area contributed by atoms with Gasteiger partial charge in [-0.05, 0) is 15.1 Å². The Labute approximate surface area is 127 Å². The SMILES string of the molecule is C=N[N-][N+](=C)[NH+]([O-])ON(C)[N+](C)(N)N(C)O[NH+]([O-])[N+](=C)[N-]C. The number of nitrogens with zero attached hydrogens (tertiary/aromatic N) is 8. The van der Waals surface area contributed by atoms with Crippen LogP contribution in [0.25, 0.3) is 11.0 Å². The van der Waals surface area contributed by atoms with Crippen LogP contribution >= 0.6 is 0 Å². The van der Waals surface area contributed by atoms with Gasteiger partial charge in [-0.15, -0.1) is 10.6 Å². The molecule has 0 aliphatic heterocycles. The summed E-state index contributed by atoms with van der Waals surface area (Å²) < 4.78 is 0. The quantitative estimate of drug-likeness (QED) is 0.114. The van der Waals surface area contributed by atoms with Crippen molar-refractivity contribution >= 4 is 20.2 Å². The summed E-state index contributed by atoms with van der Waals surface area (Å²) in [7, 11) is 5.33. The summed E-state index contributed by atoms with van der Waals surface area (Å²) in [6.07, 6.45) is 0. The van der Waals surface area contributed by atoms with Gasteiger partial charge in [-0.25, -0.2) is 5.53 Å². The van der Waals surface area contributed by atoms with Crippen molar-refractivity contribution in [1.82, 2.24) is 10.3 Å². The van der Waals surface area contributed by atoms with E-state index in [1.165, 1.54) is 28.2 Å². The summed E-state index contributed by atoms with van der Waals surface area (Å²) >= 11 is 0. The van der Waals surface area contributed by atoms with Crippen molar-refractivity contribution in [3.05, 3.63) is 21.4 Å².